The fourth-order valence-electron chi connectivity index (χ4n) is 3.44. The van der Waals surface area contributed by atoms with Crippen LogP contribution in [-0.4, -0.2) is 9.97 Å². The molecular weight excluding hydrogens is 292 g/mol. The average molecular weight is 308 g/mol. The lowest BCUT2D eigenvalue weighted by atomic mass is 10.0. The number of rotatable bonds is 0. The van der Waals surface area contributed by atoms with E-state index in [2.05, 4.69) is 74.5 Å². The van der Waals surface area contributed by atoms with Gasteiger partial charge in [-0.05, 0) is 50.2 Å². The lowest BCUT2D eigenvalue weighted by Gasteiger charge is -2.07. The molecule has 0 amide bonds. The van der Waals surface area contributed by atoms with Crippen LogP contribution in [0.1, 0.15) is 11.1 Å². The van der Waals surface area contributed by atoms with Gasteiger partial charge in [-0.15, -0.1) is 0 Å². The zero-order valence-corrected chi connectivity index (χ0v) is 13.7. The summed E-state index contributed by atoms with van der Waals surface area (Å²) < 4.78 is 0. The molecule has 2 heteroatoms. The quantitative estimate of drug-likeness (QED) is 0.270. The summed E-state index contributed by atoms with van der Waals surface area (Å²) >= 11 is 0. The number of fused-ring (bicyclic) bond motifs is 5. The number of hydrogen-bond acceptors (Lipinski definition) is 2. The summed E-state index contributed by atoms with van der Waals surface area (Å²) in [6.07, 6.45) is 0. The van der Waals surface area contributed by atoms with Gasteiger partial charge in [-0.3, -0.25) is 0 Å². The molecule has 114 valence electrons. The molecule has 0 saturated carbocycles. The summed E-state index contributed by atoms with van der Waals surface area (Å²) in [7, 11) is 0. The van der Waals surface area contributed by atoms with Crippen molar-refractivity contribution in [3.8, 4) is 0 Å². The fourth-order valence-corrected chi connectivity index (χ4v) is 3.44. The number of pyridine rings is 2. The number of aryl methyl sites for hydroxylation is 2. The highest BCUT2D eigenvalue weighted by Crippen LogP contribution is 2.28. The van der Waals surface area contributed by atoms with Crippen LogP contribution in [-0.2, 0) is 0 Å². The minimum atomic E-state index is 0.978. The van der Waals surface area contributed by atoms with Crippen molar-refractivity contribution in [2.75, 3.05) is 0 Å². The molecule has 2 heterocycles. The van der Waals surface area contributed by atoms with E-state index in [0.717, 1.165) is 32.8 Å². The van der Waals surface area contributed by atoms with E-state index < -0.39 is 0 Å². The molecule has 5 aromatic rings. The van der Waals surface area contributed by atoms with E-state index in [0.29, 0.717) is 0 Å². The summed E-state index contributed by atoms with van der Waals surface area (Å²) in [4.78, 5) is 9.82. The van der Waals surface area contributed by atoms with Gasteiger partial charge in [0.05, 0.1) is 22.1 Å². The largest absolute Gasteiger partial charge is 0.245 e. The van der Waals surface area contributed by atoms with E-state index in [1.807, 2.05) is 0 Å². The minimum Gasteiger partial charge on any atom is -0.245 e. The van der Waals surface area contributed by atoms with Gasteiger partial charge in [0.25, 0.3) is 0 Å². The van der Waals surface area contributed by atoms with Gasteiger partial charge in [-0.25, -0.2) is 9.97 Å². The molecule has 2 nitrogen and oxygen atoms in total. The molecular formula is C22H16N2. The Morgan fingerprint density at radius 2 is 0.958 bits per heavy atom. The first-order valence-corrected chi connectivity index (χ1v) is 8.19. The first-order chi connectivity index (χ1) is 11.7. The maximum absolute atomic E-state index is 4.91. The summed E-state index contributed by atoms with van der Waals surface area (Å²) in [5.41, 5.74) is 6.50. The molecule has 0 aliphatic carbocycles. The monoisotopic (exact) mass is 308 g/mol. The second-order valence-electron chi connectivity index (χ2n) is 6.58. The van der Waals surface area contributed by atoms with Crippen molar-refractivity contribution in [1.82, 2.24) is 9.97 Å². The van der Waals surface area contributed by atoms with Gasteiger partial charge < -0.3 is 0 Å². The topological polar surface area (TPSA) is 25.8 Å². The second-order valence-corrected chi connectivity index (χ2v) is 6.58. The fraction of sp³-hybridized carbons (Fsp3) is 0.0909. The molecule has 2 aromatic heterocycles. The van der Waals surface area contributed by atoms with E-state index >= 15 is 0 Å². The molecule has 0 radical (unpaired) electrons. The number of nitrogens with zero attached hydrogens (tertiary/aromatic N) is 2. The Morgan fingerprint density at radius 3 is 1.42 bits per heavy atom. The maximum atomic E-state index is 4.91. The molecule has 5 rings (SSSR count). The average Bonchev–Trinajstić information content (AvgIpc) is 2.58. The maximum Gasteiger partial charge on any atom is 0.0972 e. The highest BCUT2D eigenvalue weighted by molar-refractivity contribution is 6.09. The van der Waals surface area contributed by atoms with Crippen LogP contribution in [0.4, 0.5) is 0 Å². The normalized spacial score (nSPS) is 11.8. The number of aromatic nitrogens is 2. The van der Waals surface area contributed by atoms with E-state index in [1.54, 1.807) is 0 Å². The zero-order valence-electron chi connectivity index (χ0n) is 13.7. The number of hydrogen-bond donors (Lipinski definition) is 0. The standard InChI is InChI=1S/C22H16N2/c1-13-3-7-19-17(9-13)11-15-5-6-16-12-18-10-14(2)4-8-20(18)24-22(16)21(15)23-19/h3-12H,1-2H3. The molecule has 0 atom stereocenters. The van der Waals surface area contributed by atoms with Crippen LogP contribution in [0.3, 0.4) is 0 Å². The summed E-state index contributed by atoms with van der Waals surface area (Å²) in [5.74, 6) is 0. The van der Waals surface area contributed by atoms with Crippen molar-refractivity contribution in [3.05, 3.63) is 71.8 Å². The van der Waals surface area contributed by atoms with Gasteiger partial charge in [0.2, 0.25) is 0 Å². The highest BCUT2D eigenvalue weighted by Gasteiger charge is 2.08. The Hall–Kier alpha value is -3.00. The third kappa shape index (κ3) is 1.96. The van der Waals surface area contributed by atoms with Crippen molar-refractivity contribution in [2.24, 2.45) is 0 Å². The Labute approximate surface area is 139 Å². The molecule has 0 bridgehead atoms. The van der Waals surface area contributed by atoms with Crippen LogP contribution in [0.2, 0.25) is 0 Å². The molecule has 3 aromatic carbocycles. The summed E-state index contributed by atoms with van der Waals surface area (Å²) in [5, 5.41) is 4.63. The van der Waals surface area contributed by atoms with Crippen LogP contribution in [0.5, 0.6) is 0 Å². The third-order valence-electron chi connectivity index (χ3n) is 4.67. The van der Waals surface area contributed by atoms with Crippen LogP contribution in [0.15, 0.2) is 60.7 Å². The predicted octanol–water partition coefficient (Wildman–Crippen LogP) is 5.71. The molecule has 0 N–H and O–H groups in total. The van der Waals surface area contributed by atoms with Crippen LogP contribution in [0.25, 0.3) is 43.6 Å². The Balaban J connectivity index is 1.94. The van der Waals surface area contributed by atoms with Gasteiger partial charge in [-0.2, -0.15) is 0 Å². The van der Waals surface area contributed by atoms with E-state index in [4.69, 9.17) is 9.97 Å². The molecule has 24 heavy (non-hydrogen) atoms. The van der Waals surface area contributed by atoms with E-state index in [1.165, 1.54) is 21.9 Å². The summed E-state index contributed by atoms with van der Waals surface area (Å²) in [6.45, 7) is 4.22. The van der Waals surface area contributed by atoms with Gasteiger partial charge in [-0.1, -0.05) is 35.4 Å². The molecule has 0 fully saturated rings. The van der Waals surface area contributed by atoms with Crippen LogP contribution >= 0.6 is 0 Å². The lowest BCUT2D eigenvalue weighted by molar-refractivity contribution is 1.43. The molecule has 0 aliphatic heterocycles. The lowest BCUT2D eigenvalue weighted by Crippen LogP contribution is -1.89. The smallest absolute Gasteiger partial charge is 0.0972 e. The molecule has 0 spiro atoms. The Kier molecular flexibility index (Phi) is 2.66. The van der Waals surface area contributed by atoms with Gasteiger partial charge in [0, 0.05) is 21.5 Å². The van der Waals surface area contributed by atoms with Gasteiger partial charge in [0.1, 0.15) is 0 Å². The highest BCUT2D eigenvalue weighted by atomic mass is 14.8. The van der Waals surface area contributed by atoms with Crippen LogP contribution in [0, 0.1) is 13.8 Å². The van der Waals surface area contributed by atoms with Crippen molar-refractivity contribution >= 4 is 43.6 Å². The van der Waals surface area contributed by atoms with Crippen molar-refractivity contribution < 1.29 is 0 Å². The molecule has 0 unspecified atom stereocenters. The first kappa shape index (κ1) is 13.4. The van der Waals surface area contributed by atoms with Crippen molar-refractivity contribution in [2.45, 2.75) is 13.8 Å². The predicted molar refractivity (Wildman–Crippen MR) is 102 cm³/mol. The first-order valence-electron chi connectivity index (χ1n) is 8.19. The van der Waals surface area contributed by atoms with Gasteiger partial charge >= 0.3 is 0 Å². The van der Waals surface area contributed by atoms with Gasteiger partial charge in [0.15, 0.2) is 0 Å². The third-order valence-corrected chi connectivity index (χ3v) is 4.67. The zero-order chi connectivity index (χ0) is 16.3. The second kappa shape index (κ2) is 4.75. The van der Waals surface area contributed by atoms with E-state index in [-0.39, 0.29) is 0 Å². The SMILES string of the molecule is Cc1ccc2nc3c(ccc4cc5cc(C)ccc5nc43)cc2c1. The molecule has 0 aliphatic rings. The molecule has 0 saturated heterocycles. The van der Waals surface area contributed by atoms with Crippen molar-refractivity contribution in [1.29, 1.82) is 0 Å². The Morgan fingerprint density at radius 1 is 0.500 bits per heavy atom. The number of benzene rings is 3. The van der Waals surface area contributed by atoms with Crippen molar-refractivity contribution in [3.63, 3.8) is 0 Å². The summed E-state index contributed by atoms with van der Waals surface area (Å²) in [6, 6.07) is 21.5. The van der Waals surface area contributed by atoms with E-state index in [9.17, 15) is 0 Å². The van der Waals surface area contributed by atoms with Crippen LogP contribution < -0.4 is 0 Å². The minimum absolute atomic E-state index is 0.978. The Bertz CT molecular complexity index is 1170.